The van der Waals surface area contributed by atoms with Crippen LogP contribution in [0.1, 0.15) is 11.3 Å². The Balaban J connectivity index is 1.71. The van der Waals surface area contributed by atoms with Gasteiger partial charge in [-0.1, -0.05) is 59.6 Å². The summed E-state index contributed by atoms with van der Waals surface area (Å²) in [4.78, 5) is 3.34. The van der Waals surface area contributed by atoms with Gasteiger partial charge in [-0.3, -0.25) is 0 Å². The average molecular weight is 305 g/mol. The van der Waals surface area contributed by atoms with Gasteiger partial charge in [0.25, 0.3) is 0 Å². The van der Waals surface area contributed by atoms with Crippen molar-refractivity contribution in [2.75, 3.05) is 0 Å². The predicted molar refractivity (Wildman–Crippen MR) is 85.3 cm³/mol. The number of fused-ring (bicyclic) bond motifs is 1. The first kappa shape index (κ1) is 13.5. The summed E-state index contributed by atoms with van der Waals surface area (Å²) in [5.41, 5.74) is 3.15. The molecule has 0 spiro atoms. The molecule has 4 heteroatoms. The van der Waals surface area contributed by atoms with Crippen LogP contribution in [-0.4, -0.2) is 4.98 Å². The topological polar surface area (TPSA) is 27.8 Å². The van der Waals surface area contributed by atoms with Crippen molar-refractivity contribution in [3.05, 3.63) is 69.8 Å². The fourth-order valence-electron chi connectivity index (χ4n) is 2.25. The van der Waals surface area contributed by atoms with Crippen molar-refractivity contribution in [1.82, 2.24) is 10.3 Å². The van der Waals surface area contributed by atoms with Gasteiger partial charge in [0.05, 0.1) is 5.02 Å². The van der Waals surface area contributed by atoms with Gasteiger partial charge in [-0.25, -0.2) is 0 Å². The van der Waals surface area contributed by atoms with Gasteiger partial charge in [-0.05, 0) is 17.7 Å². The lowest BCUT2D eigenvalue weighted by molar-refractivity contribution is 0.684. The molecule has 0 saturated heterocycles. The number of H-pyrrole nitrogens is 1. The molecule has 1 heterocycles. The summed E-state index contributed by atoms with van der Waals surface area (Å²) in [5, 5.41) is 5.98. The number of rotatable bonds is 4. The van der Waals surface area contributed by atoms with Gasteiger partial charge in [-0.2, -0.15) is 0 Å². The maximum atomic E-state index is 6.37. The third-order valence-corrected chi connectivity index (χ3v) is 4.09. The number of para-hydroxylation sites is 1. The summed E-state index contributed by atoms with van der Waals surface area (Å²) in [5.74, 6) is 0. The van der Waals surface area contributed by atoms with Gasteiger partial charge in [0.2, 0.25) is 0 Å². The summed E-state index contributed by atoms with van der Waals surface area (Å²) in [6.45, 7) is 1.39. The molecule has 1 aromatic heterocycles. The highest BCUT2D eigenvalue weighted by Crippen LogP contribution is 2.27. The van der Waals surface area contributed by atoms with Crippen molar-refractivity contribution in [1.29, 1.82) is 0 Å². The second kappa shape index (κ2) is 5.88. The molecule has 0 radical (unpaired) electrons. The first-order chi connectivity index (χ1) is 9.75. The van der Waals surface area contributed by atoms with E-state index in [1.165, 1.54) is 0 Å². The maximum Gasteiger partial charge on any atom is 0.0705 e. The Kier molecular flexibility index (Phi) is 3.97. The zero-order valence-corrected chi connectivity index (χ0v) is 12.3. The molecule has 20 heavy (non-hydrogen) atoms. The van der Waals surface area contributed by atoms with Gasteiger partial charge < -0.3 is 10.3 Å². The quantitative estimate of drug-likeness (QED) is 0.714. The van der Waals surface area contributed by atoms with Crippen molar-refractivity contribution in [2.45, 2.75) is 13.1 Å². The molecule has 0 aliphatic carbocycles. The van der Waals surface area contributed by atoms with Crippen molar-refractivity contribution in [3.8, 4) is 0 Å². The van der Waals surface area contributed by atoms with Crippen molar-refractivity contribution in [2.24, 2.45) is 0 Å². The molecule has 0 aliphatic rings. The van der Waals surface area contributed by atoms with Crippen LogP contribution in [0.25, 0.3) is 10.9 Å². The lowest BCUT2D eigenvalue weighted by Crippen LogP contribution is -2.13. The Labute approximate surface area is 127 Å². The van der Waals surface area contributed by atoms with Crippen molar-refractivity contribution < 1.29 is 0 Å². The monoisotopic (exact) mass is 304 g/mol. The molecule has 0 aliphatic heterocycles. The van der Waals surface area contributed by atoms with E-state index < -0.39 is 0 Å². The van der Waals surface area contributed by atoms with Crippen LogP contribution in [0.15, 0.2) is 48.5 Å². The second-order valence-electron chi connectivity index (χ2n) is 4.66. The molecule has 2 aromatic carbocycles. The van der Waals surface area contributed by atoms with E-state index in [0.29, 0.717) is 13.1 Å². The minimum Gasteiger partial charge on any atom is -0.356 e. The Morgan fingerprint density at radius 1 is 0.900 bits per heavy atom. The molecule has 0 atom stereocenters. The smallest absolute Gasteiger partial charge is 0.0705 e. The van der Waals surface area contributed by atoms with E-state index in [9.17, 15) is 0 Å². The number of nitrogens with one attached hydrogen (secondary N) is 2. The van der Waals surface area contributed by atoms with E-state index >= 15 is 0 Å². The summed E-state index contributed by atoms with van der Waals surface area (Å²) in [7, 11) is 0. The Bertz CT molecular complexity index is 734. The van der Waals surface area contributed by atoms with Crippen LogP contribution in [0.5, 0.6) is 0 Å². The largest absolute Gasteiger partial charge is 0.356 e. The molecule has 3 aromatic rings. The van der Waals surface area contributed by atoms with E-state index in [4.69, 9.17) is 23.2 Å². The van der Waals surface area contributed by atoms with Gasteiger partial charge >= 0.3 is 0 Å². The van der Waals surface area contributed by atoms with E-state index in [1.54, 1.807) is 0 Å². The lowest BCUT2D eigenvalue weighted by atomic mass is 10.2. The first-order valence-corrected chi connectivity index (χ1v) is 7.20. The number of aromatic amines is 1. The average Bonchev–Trinajstić information content (AvgIpc) is 2.78. The standard InChI is InChI=1S/C16H14Cl2N2/c17-13-7-3-1-5-11(13)9-19-10-15-16(18)12-6-2-4-8-14(12)20-15/h1-8,19-20H,9-10H2. The molecule has 0 unspecified atom stereocenters. The van der Waals surface area contributed by atoms with Crippen molar-refractivity contribution >= 4 is 34.1 Å². The highest BCUT2D eigenvalue weighted by molar-refractivity contribution is 6.36. The van der Waals surface area contributed by atoms with E-state index in [-0.39, 0.29) is 0 Å². The van der Waals surface area contributed by atoms with Crippen LogP contribution in [0, 0.1) is 0 Å². The normalized spacial score (nSPS) is 11.1. The summed E-state index contributed by atoms with van der Waals surface area (Å²) >= 11 is 12.5. The van der Waals surface area contributed by atoms with Crippen LogP contribution >= 0.6 is 23.2 Å². The molecule has 0 amide bonds. The maximum absolute atomic E-state index is 6.37. The Morgan fingerprint density at radius 3 is 2.45 bits per heavy atom. The summed E-state index contributed by atoms with van der Waals surface area (Å²) in [6, 6.07) is 15.9. The zero-order valence-electron chi connectivity index (χ0n) is 10.8. The summed E-state index contributed by atoms with van der Waals surface area (Å²) in [6.07, 6.45) is 0. The molecule has 102 valence electrons. The fourth-order valence-corrected chi connectivity index (χ4v) is 2.73. The van der Waals surface area contributed by atoms with E-state index in [0.717, 1.165) is 32.2 Å². The van der Waals surface area contributed by atoms with Crippen LogP contribution < -0.4 is 5.32 Å². The minimum absolute atomic E-state index is 0.679. The number of aromatic nitrogens is 1. The molecule has 3 rings (SSSR count). The number of benzene rings is 2. The van der Waals surface area contributed by atoms with Crippen LogP contribution in [0.4, 0.5) is 0 Å². The minimum atomic E-state index is 0.679. The molecular formula is C16H14Cl2N2. The van der Waals surface area contributed by atoms with Crippen LogP contribution in [0.2, 0.25) is 10.0 Å². The molecule has 0 bridgehead atoms. The van der Waals surface area contributed by atoms with Crippen LogP contribution in [0.3, 0.4) is 0 Å². The van der Waals surface area contributed by atoms with Gasteiger partial charge in [0.1, 0.15) is 0 Å². The number of hydrogen-bond acceptors (Lipinski definition) is 1. The second-order valence-corrected chi connectivity index (χ2v) is 5.44. The molecule has 2 nitrogen and oxygen atoms in total. The summed E-state index contributed by atoms with van der Waals surface area (Å²) < 4.78 is 0. The SMILES string of the molecule is Clc1ccccc1CNCc1[nH]c2ccccc2c1Cl. The van der Waals surface area contributed by atoms with Gasteiger partial charge in [0.15, 0.2) is 0 Å². The molecule has 2 N–H and O–H groups in total. The highest BCUT2D eigenvalue weighted by atomic mass is 35.5. The highest BCUT2D eigenvalue weighted by Gasteiger charge is 2.08. The Hall–Kier alpha value is -1.48. The van der Waals surface area contributed by atoms with Gasteiger partial charge in [0, 0.05) is 34.7 Å². The number of hydrogen-bond donors (Lipinski definition) is 2. The first-order valence-electron chi connectivity index (χ1n) is 6.45. The predicted octanol–water partition coefficient (Wildman–Crippen LogP) is 4.76. The van der Waals surface area contributed by atoms with E-state index in [1.807, 2.05) is 48.5 Å². The lowest BCUT2D eigenvalue weighted by Gasteiger charge is -2.06. The van der Waals surface area contributed by atoms with Crippen LogP contribution in [-0.2, 0) is 13.1 Å². The van der Waals surface area contributed by atoms with Gasteiger partial charge in [-0.15, -0.1) is 0 Å². The molecular weight excluding hydrogens is 291 g/mol. The molecule has 0 saturated carbocycles. The van der Waals surface area contributed by atoms with E-state index in [2.05, 4.69) is 10.3 Å². The molecule has 0 fully saturated rings. The third kappa shape index (κ3) is 2.68. The Morgan fingerprint density at radius 2 is 1.65 bits per heavy atom. The third-order valence-electron chi connectivity index (χ3n) is 3.29. The zero-order chi connectivity index (χ0) is 13.9. The van der Waals surface area contributed by atoms with Crippen molar-refractivity contribution in [3.63, 3.8) is 0 Å². The fraction of sp³-hybridized carbons (Fsp3) is 0.125. The number of halogens is 2.